The number of benzene rings is 2. The van der Waals surface area contributed by atoms with Crippen LogP contribution in [0.4, 0.5) is 11.4 Å². The van der Waals surface area contributed by atoms with Gasteiger partial charge in [-0.25, -0.2) is 0 Å². The highest BCUT2D eigenvalue weighted by atomic mass is 16.5. The number of rotatable bonds is 3. The van der Waals surface area contributed by atoms with E-state index in [0.717, 1.165) is 50.5 Å². The summed E-state index contributed by atoms with van der Waals surface area (Å²) in [5.74, 6) is 0.904. The van der Waals surface area contributed by atoms with Gasteiger partial charge >= 0.3 is 0 Å². The van der Waals surface area contributed by atoms with Gasteiger partial charge in [-0.05, 0) is 30.5 Å². The number of fused-ring (bicyclic) bond motifs is 1. The molecule has 0 unspecified atom stereocenters. The maximum Gasteiger partial charge on any atom is 0.121 e. The number of likely N-dealkylation sites (tertiary alicyclic amines) is 1. The summed E-state index contributed by atoms with van der Waals surface area (Å²) in [6.45, 7) is 4.30. The van der Waals surface area contributed by atoms with E-state index < -0.39 is 0 Å². The monoisotopic (exact) mass is 323 g/mol. The predicted molar refractivity (Wildman–Crippen MR) is 98.8 cm³/mol. The Balaban J connectivity index is 1.41. The van der Waals surface area contributed by atoms with Gasteiger partial charge in [0.1, 0.15) is 5.75 Å². The molecule has 2 aromatic carbocycles. The van der Waals surface area contributed by atoms with Gasteiger partial charge in [-0.1, -0.05) is 30.3 Å². The van der Waals surface area contributed by atoms with Crippen molar-refractivity contribution in [2.45, 2.75) is 24.9 Å². The zero-order valence-electron chi connectivity index (χ0n) is 14.2. The number of ether oxygens (including phenoxy) is 1. The topological polar surface area (TPSA) is 36.5 Å². The molecule has 1 spiro atoms. The Bertz CT molecular complexity index is 693. The molecule has 0 aliphatic carbocycles. The summed E-state index contributed by atoms with van der Waals surface area (Å²) in [7, 11) is 1.72. The van der Waals surface area contributed by atoms with E-state index in [9.17, 15) is 0 Å². The van der Waals surface area contributed by atoms with Crippen molar-refractivity contribution in [2.75, 3.05) is 37.4 Å². The number of hydrogen-bond acceptors (Lipinski definition) is 4. The van der Waals surface area contributed by atoms with E-state index in [1.165, 1.54) is 11.3 Å². The van der Waals surface area contributed by atoms with Crippen LogP contribution >= 0.6 is 0 Å². The van der Waals surface area contributed by atoms with Crippen molar-refractivity contribution in [3.05, 3.63) is 54.1 Å². The summed E-state index contributed by atoms with van der Waals surface area (Å²) in [5.41, 5.74) is 3.90. The van der Waals surface area contributed by atoms with Gasteiger partial charge in [0.25, 0.3) is 0 Å². The summed E-state index contributed by atoms with van der Waals surface area (Å²) < 4.78 is 5.36. The van der Waals surface area contributed by atoms with Crippen molar-refractivity contribution >= 4 is 11.4 Å². The number of nitrogens with one attached hydrogen (secondary N) is 2. The average Bonchev–Trinajstić information content (AvgIpc) is 2.64. The molecule has 4 nitrogen and oxygen atoms in total. The van der Waals surface area contributed by atoms with Gasteiger partial charge in [0.15, 0.2) is 0 Å². The zero-order chi connectivity index (χ0) is 16.4. The van der Waals surface area contributed by atoms with E-state index in [4.69, 9.17) is 4.74 Å². The minimum Gasteiger partial charge on any atom is -0.497 e. The smallest absolute Gasteiger partial charge is 0.121 e. The standard InChI is InChI=1S/C20H25N3O/c1-24-17-7-8-18-19(13-17)22-20(15-21-18)9-11-23(12-10-20)14-16-5-3-2-4-6-16/h2-8,13,21-22H,9-12,14-15H2,1H3. The Morgan fingerprint density at radius 1 is 1.04 bits per heavy atom. The van der Waals surface area contributed by atoms with Crippen molar-refractivity contribution in [1.29, 1.82) is 0 Å². The number of methoxy groups -OCH3 is 1. The fourth-order valence-corrected chi connectivity index (χ4v) is 3.78. The second-order valence-electron chi connectivity index (χ2n) is 6.93. The SMILES string of the molecule is COc1ccc2c(c1)NC1(CCN(Cc3ccccc3)CC1)CN2. The zero-order valence-corrected chi connectivity index (χ0v) is 14.2. The molecule has 2 N–H and O–H groups in total. The van der Waals surface area contributed by atoms with E-state index in [2.05, 4.69) is 58.0 Å². The summed E-state index contributed by atoms with van der Waals surface area (Å²) in [4.78, 5) is 2.56. The van der Waals surface area contributed by atoms with Crippen LogP contribution < -0.4 is 15.4 Å². The molecule has 2 aromatic rings. The lowest BCUT2D eigenvalue weighted by Gasteiger charge is -2.46. The Hall–Kier alpha value is -2.20. The normalized spacial score (nSPS) is 19.2. The molecule has 1 saturated heterocycles. The lowest BCUT2D eigenvalue weighted by molar-refractivity contribution is 0.171. The number of nitrogens with zero attached hydrogens (tertiary/aromatic N) is 1. The van der Waals surface area contributed by atoms with Gasteiger partial charge in [0.05, 0.1) is 24.0 Å². The Morgan fingerprint density at radius 3 is 2.58 bits per heavy atom. The number of anilines is 2. The Labute approximate surface area is 143 Å². The summed E-state index contributed by atoms with van der Waals surface area (Å²) in [5, 5.41) is 7.40. The van der Waals surface area contributed by atoms with E-state index in [-0.39, 0.29) is 5.54 Å². The first-order chi connectivity index (χ1) is 11.8. The van der Waals surface area contributed by atoms with Gasteiger partial charge in [0.2, 0.25) is 0 Å². The lowest BCUT2D eigenvalue weighted by atomic mass is 9.85. The van der Waals surface area contributed by atoms with E-state index in [1.807, 2.05) is 6.07 Å². The van der Waals surface area contributed by atoms with Crippen LogP contribution in [0.1, 0.15) is 18.4 Å². The molecule has 0 atom stereocenters. The van der Waals surface area contributed by atoms with Crippen molar-refractivity contribution < 1.29 is 4.74 Å². The van der Waals surface area contributed by atoms with E-state index >= 15 is 0 Å². The molecule has 24 heavy (non-hydrogen) atoms. The molecule has 0 amide bonds. The van der Waals surface area contributed by atoms with Crippen LogP contribution in [0.3, 0.4) is 0 Å². The van der Waals surface area contributed by atoms with Crippen molar-refractivity contribution in [3.8, 4) is 5.75 Å². The number of hydrogen-bond donors (Lipinski definition) is 2. The maximum absolute atomic E-state index is 5.36. The van der Waals surface area contributed by atoms with Gasteiger partial charge in [0, 0.05) is 32.2 Å². The summed E-state index contributed by atoms with van der Waals surface area (Å²) >= 11 is 0. The number of piperidine rings is 1. The van der Waals surface area contributed by atoms with E-state index in [1.54, 1.807) is 7.11 Å². The molecular weight excluding hydrogens is 298 g/mol. The average molecular weight is 323 g/mol. The van der Waals surface area contributed by atoms with E-state index in [0.29, 0.717) is 0 Å². The Kier molecular flexibility index (Phi) is 4.07. The fourth-order valence-electron chi connectivity index (χ4n) is 3.78. The van der Waals surface area contributed by atoms with Crippen LogP contribution in [0.25, 0.3) is 0 Å². The molecular formula is C20H25N3O. The predicted octanol–water partition coefficient (Wildman–Crippen LogP) is 3.57. The highest BCUT2D eigenvalue weighted by Crippen LogP contribution is 2.37. The molecule has 1 fully saturated rings. The van der Waals surface area contributed by atoms with Gasteiger partial charge < -0.3 is 15.4 Å². The van der Waals surface area contributed by atoms with Gasteiger partial charge in [-0.3, -0.25) is 4.90 Å². The molecule has 126 valence electrons. The molecule has 4 rings (SSSR count). The van der Waals surface area contributed by atoms with Crippen molar-refractivity contribution in [3.63, 3.8) is 0 Å². The minimum absolute atomic E-state index is 0.159. The van der Waals surface area contributed by atoms with Crippen LogP contribution in [0, 0.1) is 0 Å². The highest BCUT2D eigenvalue weighted by Gasteiger charge is 2.37. The van der Waals surface area contributed by atoms with Crippen LogP contribution in [0.2, 0.25) is 0 Å². The van der Waals surface area contributed by atoms with Crippen molar-refractivity contribution in [2.24, 2.45) is 0 Å². The third-order valence-corrected chi connectivity index (χ3v) is 5.31. The molecule has 4 heteroatoms. The van der Waals surface area contributed by atoms with Crippen LogP contribution in [-0.2, 0) is 6.54 Å². The first-order valence-electron chi connectivity index (χ1n) is 8.73. The second-order valence-corrected chi connectivity index (χ2v) is 6.93. The highest BCUT2D eigenvalue weighted by molar-refractivity contribution is 5.74. The van der Waals surface area contributed by atoms with Crippen molar-refractivity contribution in [1.82, 2.24) is 4.90 Å². The third kappa shape index (κ3) is 3.06. The molecule has 0 radical (unpaired) electrons. The molecule has 0 bridgehead atoms. The molecule has 0 aromatic heterocycles. The third-order valence-electron chi connectivity index (χ3n) is 5.31. The van der Waals surface area contributed by atoms with Gasteiger partial charge in [-0.15, -0.1) is 0 Å². The molecule has 2 heterocycles. The largest absolute Gasteiger partial charge is 0.497 e. The summed E-state index contributed by atoms with van der Waals surface area (Å²) in [6.07, 6.45) is 2.31. The molecule has 2 aliphatic heterocycles. The van der Waals surface area contributed by atoms with Crippen LogP contribution in [-0.4, -0.2) is 37.2 Å². The lowest BCUT2D eigenvalue weighted by Crippen LogP contribution is -2.54. The van der Waals surface area contributed by atoms with Crippen LogP contribution in [0.5, 0.6) is 5.75 Å². The first-order valence-corrected chi connectivity index (χ1v) is 8.73. The van der Waals surface area contributed by atoms with Crippen LogP contribution in [0.15, 0.2) is 48.5 Å². The minimum atomic E-state index is 0.159. The Morgan fingerprint density at radius 2 is 1.83 bits per heavy atom. The molecule has 0 saturated carbocycles. The summed E-state index contributed by atoms with van der Waals surface area (Å²) in [6, 6.07) is 17.0. The second kappa shape index (κ2) is 6.36. The van der Waals surface area contributed by atoms with Gasteiger partial charge in [-0.2, -0.15) is 0 Å². The molecule has 2 aliphatic rings. The maximum atomic E-state index is 5.36. The fraction of sp³-hybridized carbons (Fsp3) is 0.400. The first kappa shape index (κ1) is 15.3. The quantitative estimate of drug-likeness (QED) is 0.905.